The van der Waals surface area contributed by atoms with Crippen molar-refractivity contribution in [2.75, 3.05) is 11.9 Å². The van der Waals surface area contributed by atoms with E-state index in [0.29, 0.717) is 32.3 Å². The molecule has 0 aliphatic carbocycles. The molecule has 36 heavy (non-hydrogen) atoms. The molecule has 7 nitrogen and oxygen atoms in total. The van der Waals surface area contributed by atoms with Crippen molar-refractivity contribution in [3.63, 3.8) is 0 Å². The van der Waals surface area contributed by atoms with E-state index in [9.17, 15) is 5.26 Å². The second-order valence-electron chi connectivity index (χ2n) is 9.81. The SMILES string of the molecule is Cc1nc(-c2nnc(-c3cc(F)c(OCC4B(C#N)C(C)(C)OC4C)cc3Cl)s2)ccc1NC(C)C. The summed E-state index contributed by atoms with van der Waals surface area (Å²) >= 11 is 7.79. The Kier molecular flexibility index (Phi) is 7.55. The van der Waals surface area contributed by atoms with E-state index >= 15 is 4.39 Å². The van der Waals surface area contributed by atoms with Crippen molar-refractivity contribution in [2.45, 2.75) is 65.0 Å². The minimum Gasteiger partial charge on any atom is -0.491 e. The molecule has 0 saturated carbocycles. The van der Waals surface area contributed by atoms with E-state index in [0.717, 1.165) is 11.4 Å². The van der Waals surface area contributed by atoms with Crippen LogP contribution in [0.1, 0.15) is 40.3 Å². The van der Waals surface area contributed by atoms with E-state index in [1.165, 1.54) is 23.5 Å². The van der Waals surface area contributed by atoms with E-state index < -0.39 is 11.3 Å². The first kappa shape index (κ1) is 26.3. The smallest absolute Gasteiger partial charge is 0.311 e. The maximum atomic E-state index is 15.0. The van der Waals surface area contributed by atoms with Gasteiger partial charge in [0.15, 0.2) is 16.6 Å². The predicted octanol–water partition coefficient (Wildman–Crippen LogP) is 6.23. The van der Waals surface area contributed by atoms with Gasteiger partial charge in [0.1, 0.15) is 10.7 Å². The Morgan fingerprint density at radius 2 is 2.03 bits per heavy atom. The van der Waals surface area contributed by atoms with Crippen LogP contribution in [0.4, 0.5) is 10.1 Å². The van der Waals surface area contributed by atoms with Gasteiger partial charge in [-0.1, -0.05) is 22.9 Å². The number of nitrogens with one attached hydrogen (secondary N) is 1. The van der Waals surface area contributed by atoms with Gasteiger partial charge in [0.25, 0.3) is 0 Å². The van der Waals surface area contributed by atoms with Gasteiger partial charge in [-0.15, -0.1) is 10.2 Å². The van der Waals surface area contributed by atoms with Crippen LogP contribution in [-0.4, -0.2) is 46.1 Å². The van der Waals surface area contributed by atoms with Crippen molar-refractivity contribution in [1.29, 1.82) is 5.26 Å². The van der Waals surface area contributed by atoms with E-state index in [1.807, 2.05) is 39.8 Å². The van der Waals surface area contributed by atoms with Crippen LogP contribution in [0.3, 0.4) is 0 Å². The number of aryl methyl sites for hydroxylation is 1. The molecule has 1 fully saturated rings. The Hall–Kier alpha value is -2.74. The van der Waals surface area contributed by atoms with Gasteiger partial charge in [0.2, 0.25) is 0 Å². The molecule has 1 aliphatic heterocycles. The maximum Gasteiger partial charge on any atom is 0.311 e. The first-order valence-electron chi connectivity index (χ1n) is 11.8. The molecule has 4 rings (SSSR count). The zero-order valence-electron chi connectivity index (χ0n) is 21.1. The molecular formula is C25H28BClFN5O2S. The Morgan fingerprint density at radius 1 is 1.31 bits per heavy atom. The van der Waals surface area contributed by atoms with Crippen LogP contribution in [0.2, 0.25) is 10.8 Å². The highest BCUT2D eigenvalue weighted by Crippen LogP contribution is 2.40. The number of hydrogen-bond donors (Lipinski definition) is 1. The van der Waals surface area contributed by atoms with Gasteiger partial charge in [-0.05, 0) is 59.7 Å². The van der Waals surface area contributed by atoms with Crippen LogP contribution >= 0.6 is 22.9 Å². The minimum absolute atomic E-state index is 0.0209. The number of nitrogens with zero attached hydrogens (tertiary/aromatic N) is 4. The van der Waals surface area contributed by atoms with Crippen LogP contribution in [0.15, 0.2) is 24.3 Å². The number of halogens is 2. The lowest BCUT2D eigenvalue weighted by Crippen LogP contribution is -2.39. The number of rotatable bonds is 7. The van der Waals surface area contributed by atoms with Crippen LogP contribution in [-0.2, 0) is 4.74 Å². The van der Waals surface area contributed by atoms with Crippen molar-refractivity contribution in [2.24, 2.45) is 0 Å². The molecule has 0 bridgehead atoms. The Balaban J connectivity index is 1.52. The lowest BCUT2D eigenvalue weighted by molar-refractivity contribution is 0.00751. The number of hydrogen-bond acceptors (Lipinski definition) is 8. The highest BCUT2D eigenvalue weighted by atomic mass is 35.5. The highest BCUT2D eigenvalue weighted by Gasteiger charge is 2.52. The second-order valence-corrected chi connectivity index (χ2v) is 11.2. The third kappa shape index (κ3) is 5.34. The average molecular weight is 528 g/mol. The Bertz CT molecular complexity index is 1310. The van der Waals surface area contributed by atoms with Gasteiger partial charge in [0, 0.05) is 29.5 Å². The number of benzene rings is 1. The number of aromatic nitrogens is 3. The lowest BCUT2D eigenvalue weighted by Gasteiger charge is -2.19. The molecule has 2 unspecified atom stereocenters. The lowest BCUT2D eigenvalue weighted by atomic mass is 9.35. The first-order chi connectivity index (χ1) is 17.0. The van der Waals surface area contributed by atoms with Gasteiger partial charge < -0.3 is 14.8 Å². The molecule has 3 aromatic rings. The summed E-state index contributed by atoms with van der Waals surface area (Å²) in [6.07, 6.45) is -0.185. The van der Waals surface area contributed by atoms with Crippen molar-refractivity contribution in [3.8, 4) is 33.0 Å². The molecule has 2 atom stereocenters. The highest BCUT2D eigenvalue weighted by molar-refractivity contribution is 7.18. The number of nitriles is 1. The van der Waals surface area contributed by atoms with Gasteiger partial charge >= 0.3 is 6.71 Å². The van der Waals surface area contributed by atoms with Crippen LogP contribution < -0.4 is 10.1 Å². The van der Waals surface area contributed by atoms with Gasteiger partial charge in [-0.3, -0.25) is 0 Å². The number of anilines is 1. The number of pyridine rings is 1. The summed E-state index contributed by atoms with van der Waals surface area (Å²) in [4.78, 5) is 4.63. The zero-order valence-corrected chi connectivity index (χ0v) is 22.7. The summed E-state index contributed by atoms with van der Waals surface area (Å²) in [6.45, 7) is 11.5. The van der Waals surface area contributed by atoms with Gasteiger partial charge in [-0.2, -0.15) is 0 Å². The molecule has 1 saturated heterocycles. The standard InChI is InChI=1S/C25H28BClFN5O2S/c1-13(2)30-20-7-8-21(31-14(20)3)24-33-32-23(36-24)16-9-19(28)22(10-18(16)27)34-11-17-15(4)35-25(5,6)26(17)12-29/h7-10,13,15,17,30H,11H2,1-6H3. The third-order valence-electron chi connectivity index (χ3n) is 6.27. The van der Waals surface area contributed by atoms with E-state index in [1.54, 1.807) is 0 Å². The zero-order chi connectivity index (χ0) is 26.2. The largest absolute Gasteiger partial charge is 0.491 e. The summed E-state index contributed by atoms with van der Waals surface area (Å²) in [5, 5.41) is 22.8. The summed E-state index contributed by atoms with van der Waals surface area (Å²) in [5.74, 6) is 1.58. The molecule has 1 aliphatic rings. The molecule has 0 amide bonds. The molecule has 2 aromatic heterocycles. The summed E-state index contributed by atoms with van der Waals surface area (Å²) in [6, 6.07) is 6.88. The summed E-state index contributed by atoms with van der Waals surface area (Å²) in [5.41, 5.74) is 2.34. The predicted molar refractivity (Wildman–Crippen MR) is 142 cm³/mol. The third-order valence-corrected chi connectivity index (χ3v) is 7.56. The van der Waals surface area contributed by atoms with E-state index in [-0.39, 0.29) is 31.0 Å². The van der Waals surface area contributed by atoms with Crippen LogP contribution in [0, 0.1) is 24.0 Å². The molecule has 11 heteroatoms. The Labute approximate surface area is 220 Å². The fraction of sp³-hybridized carbons (Fsp3) is 0.440. The van der Waals surface area contributed by atoms with Crippen LogP contribution in [0.5, 0.6) is 5.75 Å². The summed E-state index contributed by atoms with van der Waals surface area (Å²) in [7, 11) is 0. The molecule has 0 spiro atoms. The topological polar surface area (TPSA) is 93.0 Å². The first-order valence-corrected chi connectivity index (χ1v) is 13.0. The monoisotopic (exact) mass is 527 g/mol. The fourth-order valence-corrected chi connectivity index (χ4v) is 5.62. The van der Waals surface area contributed by atoms with Gasteiger partial charge in [0.05, 0.1) is 34.6 Å². The second kappa shape index (κ2) is 10.3. The van der Waals surface area contributed by atoms with Crippen molar-refractivity contribution in [3.05, 3.63) is 40.8 Å². The van der Waals surface area contributed by atoms with E-state index in [2.05, 4.69) is 40.3 Å². The maximum absolute atomic E-state index is 15.0. The van der Waals surface area contributed by atoms with Gasteiger partial charge in [-0.25, -0.2) is 14.6 Å². The van der Waals surface area contributed by atoms with Crippen molar-refractivity contribution < 1.29 is 13.9 Å². The molecule has 1 N–H and O–H groups in total. The van der Waals surface area contributed by atoms with Crippen LogP contribution in [0.25, 0.3) is 21.3 Å². The normalized spacial score (nSPS) is 18.9. The molecule has 0 radical (unpaired) electrons. The van der Waals surface area contributed by atoms with E-state index in [4.69, 9.17) is 21.1 Å². The fourth-order valence-electron chi connectivity index (χ4n) is 4.48. The molecule has 3 heterocycles. The van der Waals surface area contributed by atoms with Crippen molar-refractivity contribution in [1.82, 2.24) is 15.2 Å². The van der Waals surface area contributed by atoms with Crippen molar-refractivity contribution >= 4 is 35.3 Å². The Morgan fingerprint density at radius 3 is 2.69 bits per heavy atom. The molecule has 188 valence electrons. The molecule has 1 aromatic carbocycles. The minimum atomic E-state index is -0.587. The molecular weight excluding hydrogens is 500 g/mol. The average Bonchev–Trinajstić information content (AvgIpc) is 3.36. The number of ether oxygens (including phenoxy) is 2. The quantitative estimate of drug-likeness (QED) is 0.364. The summed E-state index contributed by atoms with van der Waals surface area (Å²) < 4.78 is 26.7.